The average Bonchev–Trinajstić information content (AvgIpc) is 2.81. The highest BCUT2D eigenvalue weighted by atomic mass is 16.3. The van der Waals surface area contributed by atoms with Crippen molar-refractivity contribution < 1.29 is 9.21 Å². The lowest BCUT2D eigenvalue weighted by Gasteiger charge is -2.16. The summed E-state index contributed by atoms with van der Waals surface area (Å²) in [7, 11) is 1.88. The number of hydrogen-bond acceptors (Lipinski definition) is 3. The monoisotopic (exact) mass is 274 g/mol. The van der Waals surface area contributed by atoms with E-state index in [1.807, 2.05) is 37.1 Å². The van der Waals surface area contributed by atoms with E-state index in [1.165, 1.54) is 0 Å². The first-order valence-corrected chi connectivity index (χ1v) is 7.20. The lowest BCUT2D eigenvalue weighted by molar-refractivity contribution is -0.129. The van der Waals surface area contributed by atoms with Crippen molar-refractivity contribution in [1.29, 1.82) is 0 Å². The first kappa shape index (κ1) is 14.6. The van der Waals surface area contributed by atoms with E-state index < -0.39 is 0 Å². The molecule has 0 spiro atoms. The van der Waals surface area contributed by atoms with Crippen LogP contribution in [0.2, 0.25) is 0 Å². The van der Waals surface area contributed by atoms with Crippen molar-refractivity contribution in [3.63, 3.8) is 0 Å². The van der Waals surface area contributed by atoms with E-state index in [4.69, 9.17) is 4.42 Å². The zero-order chi connectivity index (χ0) is 14.5. The zero-order valence-corrected chi connectivity index (χ0v) is 12.5. The molecule has 0 aliphatic heterocycles. The molecule has 0 aliphatic rings. The number of rotatable bonds is 6. The Morgan fingerprint density at radius 2 is 2.20 bits per heavy atom. The third kappa shape index (κ3) is 3.59. The van der Waals surface area contributed by atoms with Gasteiger partial charge >= 0.3 is 0 Å². The summed E-state index contributed by atoms with van der Waals surface area (Å²) in [6.07, 6.45) is 3.46. The average molecular weight is 274 g/mol. The Morgan fingerprint density at radius 3 is 2.95 bits per heavy atom. The molecule has 0 unspecified atom stereocenters. The predicted octanol–water partition coefficient (Wildman–Crippen LogP) is 3.33. The van der Waals surface area contributed by atoms with Crippen LogP contribution in [-0.2, 0) is 11.2 Å². The Labute approximate surface area is 119 Å². The van der Waals surface area contributed by atoms with Gasteiger partial charge in [0.15, 0.2) is 11.5 Å². The Hall–Kier alpha value is -1.84. The highest BCUT2D eigenvalue weighted by molar-refractivity contribution is 5.77. The van der Waals surface area contributed by atoms with Crippen molar-refractivity contribution in [2.75, 3.05) is 13.6 Å². The van der Waals surface area contributed by atoms with Gasteiger partial charge in [-0.05, 0) is 30.5 Å². The smallest absolute Gasteiger partial charge is 0.222 e. The molecule has 1 amide bonds. The minimum Gasteiger partial charge on any atom is -0.441 e. The van der Waals surface area contributed by atoms with Gasteiger partial charge in [0.25, 0.3) is 0 Å². The SMILES string of the molecule is CCCCN(C)C(=O)CCc1ccc2oc(C)nc2c1. The van der Waals surface area contributed by atoms with Crippen LogP contribution in [0.5, 0.6) is 0 Å². The third-order valence-electron chi connectivity index (χ3n) is 3.46. The number of carbonyl (C=O) groups excluding carboxylic acids is 1. The van der Waals surface area contributed by atoms with Crippen molar-refractivity contribution in [3.8, 4) is 0 Å². The van der Waals surface area contributed by atoms with Gasteiger partial charge in [0.1, 0.15) is 5.52 Å². The summed E-state index contributed by atoms with van der Waals surface area (Å²) >= 11 is 0. The maximum Gasteiger partial charge on any atom is 0.222 e. The standard InChI is InChI=1S/C16H22N2O2/c1-4-5-10-18(3)16(19)9-7-13-6-8-15-14(11-13)17-12(2)20-15/h6,8,11H,4-5,7,9-10H2,1-3H3. The minimum absolute atomic E-state index is 0.204. The van der Waals surface area contributed by atoms with Crippen molar-refractivity contribution in [2.24, 2.45) is 0 Å². The minimum atomic E-state index is 0.204. The second kappa shape index (κ2) is 6.55. The van der Waals surface area contributed by atoms with Crippen LogP contribution in [0.3, 0.4) is 0 Å². The van der Waals surface area contributed by atoms with Gasteiger partial charge in [-0.2, -0.15) is 0 Å². The summed E-state index contributed by atoms with van der Waals surface area (Å²) in [5, 5.41) is 0. The third-order valence-corrected chi connectivity index (χ3v) is 3.46. The van der Waals surface area contributed by atoms with Gasteiger partial charge in [-0.3, -0.25) is 4.79 Å². The summed E-state index contributed by atoms with van der Waals surface area (Å²) in [6, 6.07) is 5.94. The molecule has 20 heavy (non-hydrogen) atoms. The molecule has 0 bridgehead atoms. The van der Waals surface area contributed by atoms with Gasteiger partial charge < -0.3 is 9.32 Å². The van der Waals surface area contributed by atoms with Gasteiger partial charge in [0.2, 0.25) is 5.91 Å². The molecular formula is C16H22N2O2. The molecule has 0 N–H and O–H groups in total. The molecule has 0 radical (unpaired) electrons. The van der Waals surface area contributed by atoms with E-state index in [-0.39, 0.29) is 5.91 Å². The number of unbranched alkanes of at least 4 members (excludes halogenated alkanes) is 1. The Bertz CT molecular complexity index is 589. The molecule has 108 valence electrons. The van der Waals surface area contributed by atoms with Gasteiger partial charge in [-0.25, -0.2) is 4.98 Å². The Kier molecular flexibility index (Phi) is 4.77. The number of aryl methyl sites for hydroxylation is 2. The van der Waals surface area contributed by atoms with Crippen LogP contribution >= 0.6 is 0 Å². The molecule has 1 aromatic carbocycles. The van der Waals surface area contributed by atoms with Crippen molar-refractivity contribution in [2.45, 2.75) is 39.5 Å². The topological polar surface area (TPSA) is 46.3 Å². The fourth-order valence-corrected chi connectivity index (χ4v) is 2.21. The van der Waals surface area contributed by atoms with Crippen molar-refractivity contribution >= 4 is 17.0 Å². The van der Waals surface area contributed by atoms with Gasteiger partial charge in [-0.1, -0.05) is 19.4 Å². The summed E-state index contributed by atoms with van der Waals surface area (Å²) in [4.78, 5) is 18.1. The number of hydrogen-bond donors (Lipinski definition) is 0. The lowest BCUT2D eigenvalue weighted by atomic mass is 10.1. The molecule has 0 atom stereocenters. The molecule has 0 saturated heterocycles. The molecule has 4 nitrogen and oxygen atoms in total. The highest BCUT2D eigenvalue weighted by Gasteiger charge is 2.09. The van der Waals surface area contributed by atoms with Crippen molar-refractivity contribution in [3.05, 3.63) is 29.7 Å². The van der Waals surface area contributed by atoms with Gasteiger partial charge in [0, 0.05) is 26.9 Å². The first-order valence-electron chi connectivity index (χ1n) is 7.20. The number of carbonyl (C=O) groups is 1. The van der Waals surface area contributed by atoms with Crippen LogP contribution in [0.25, 0.3) is 11.1 Å². The van der Waals surface area contributed by atoms with Crippen LogP contribution in [-0.4, -0.2) is 29.4 Å². The second-order valence-electron chi connectivity index (χ2n) is 5.20. The Morgan fingerprint density at radius 1 is 1.40 bits per heavy atom. The molecule has 1 aromatic heterocycles. The van der Waals surface area contributed by atoms with E-state index in [1.54, 1.807) is 0 Å². The number of aromatic nitrogens is 1. The zero-order valence-electron chi connectivity index (χ0n) is 12.5. The fourth-order valence-electron chi connectivity index (χ4n) is 2.21. The normalized spacial score (nSPS) is 10.9. The predicted molar refractivity (Wildman–Crippen MR) is 79.6 cm³/mol. The van der Waals surface area contributed by atoms with Crippen LogP contribution < -0.4 is 0 Å². The largest absolute Gasteiger partial charge is 0.441 e. The van der Waals surface area contributed by atoms with Crippen LogP contribution in [0.1, 0.15) is 37.6 Å². The summed E-state index contributed by atoms with van der Waals surface area (Å²) < 4.78 is 5.44. The number of fused-ring (bicyclic) bond motifs is 1. The maximum atomic E-state index is 12.0. The molecule has 2 rings (SSSR count). The van der Waals surface area contributed by atoms with Gasteiger partial charge in [-0.15, -0.1) is 0 Å². The van der Waals surface area contributed by atoms with Gasteiger partial charge in [0.05, 0.1) is 0 Å². The van der Waals surface area contributed by atoms with E-state index in [0.29, 0.717) is 12.3 Å². The number of amides is 1. The molecule has 0 fully saturated rings. The van der Waals surface area contributed by atoms with E-state index in [9.17, 15) is 4.79 Å². The Balaban J connectivity index is 1.93. The molecule has 1 heterocycles. The highest BCUT2D eigenvalue weighted by Crippen LogP contribution is 2.17. The summed E-state index contributed by atoms with van der Waals surface area (Å²) in [6.45, 7) is 4.82. The molecular weight excluding hydrogens is 252 g/mol. The number of nitrogens with zero attached hydrogens (tertiary/aromatic N) is 2. The van der Waals surface area contributed by atoms with E-state index >= 15 is 0 Å². The molecule has 4 heteroatoms. The van der Waals surface area contributed by atoms with Crippen molar-refractivity contribution in [1.82, 2.24) is 9.88 Å². The van der Waals surface area contributed by atoms with E-state index in [2.05, 4.69) is 11.9 Å². The van der Waals surface area contributed by atoms with Crippen LogP contribution in [0.4, 0.5) is 0 Å². The molecule has 2 aromatic rings. The van der Waals surface area contributed by atoms with Crippen LogP contribution in [0, 0.1) is 6.92 Å². The quantitative estimate of drug-likeness (QED) is 0.811. The number of benzene rings is 1. The number of oxazole rings is 1. The molecule has 0 saturated carbocycles. The van der Waals surface area contributed by atoms with Crippen LogP contribution in [0.15, 0.2) is 22.6 Å². The fraction of sp³-hybridized carbons (Fsp3) is 0.500. The lowest BCUT2D eigenvalue weighted by Crippen LogP contribution is -2.27. The second-order valence-corrected chi connectivity index (χ2v) is 5.20. The summed E-state index contributed by atoms with van der Waals surface area (Å²) in [5.41, 5.74) is 2.80. The first-order chi connectivity index (χ1) is 9.60. The van der Waals surface area contributed by atoms with E-state index in [0.717, 1.165) is 42.5 Å². The maximum absolute atomic E-state index is 12.0. The summed E-state index contributed by atoms with van der Waals surface area (Å²) in [5.74, 6) is 0.877. The molecule has 0 aliphatic carbocycles.